The summed E-state index contributed by atoms with van der Waals surface area (Å²) in [4.78, 5) is 24.8. The zero-order valence-corrected chi connectivity index (χ0v) is 10.5. The summed E-state index contributed by atoms with van der Waals surface area (Å²) in [6, 6.07) is 0. The minimum Gasteiger partial charge on any atom is -0.341 e. The van der Waals surface area contributed by atoms with Gasteiger partial charge in [0.2, 0.25) is 5.95 Å². The normalized spacial score (nSPS) is 19.6. The molecular formula is C13H18N4O. The average molecular weight is 246 g/mol. The summed E-state index contributed by atoms with van der Waals surface area (Å²) in [6.07, 6.45) is 7.97. The Labute approximate surface area is 107 Å². The van der Waals surface area contributed by atoms with E-state index in [2.05, 4.69) is 14.9 Å². The van der Waals surface area contributed by atoms with Gasteiger partial charge in [-0.05, 0) is 25.7 Å². The van der Waals surface area contributed by atoms with Crippen LogP contribution < -0.4 is 4.90 Å². The van der Waals surface area contributed by atoms with E-state index in [9.17, 15) is 4.79 Å². The molecule has 5 nitrogen and oxygen atoms in total. The lowest BCUT2D eigenvalue weighted by Gasteiger charge is -2.17. The van der Waals surface area contributed by atoms with E-state index < -0.39 is 0 Å². The van der Waals surface area contributed by atoms with Crippen LogP contribution in [0, 0.1) is 0 Å². The van der Waals surface area contributed by atoms with Gasteiger partial charge in [-0.1, -0.05) is 0 Å². The Morgan fingerprint density at radius 1 is 0.944 bits per heavy atom. The zero-order chi connectivity index (χ0) is 12.4. The van der Waals surface area contributed by atoms with Crippen molar-refractivity contribution < 1.29 is 4.79 Å². The van der Waals surface area contributed by atoms with Crippen molar-refractivity contribution in [1.29, 1.82) is 0 Å². The number of anilines is 1. The van der Waals surface area contributed by atoms with Crippen LogP contribution in [0.1, 0.15) is 36.0 Å². The van der Waals surface area contributed by atoms with Crippen molar-refractivity contribution in [2.45, 2.75) is 25.7 Å². The van der Waals surface area contributed by atoms with Gasteiger partial charge in [0.1, 0.15) is 0 Å². The summed E-state index contributed by atoms with van der Waals surface area (Å²) in [5.41, 5.74) is 0.611. The fourth-order valence-electron chi connectivity index (χ4n) is 2.61. The zero-order valence-electron chi connectivity index (χ0n) is 10.5. The fourth-order valence-corrected chi connectivity index (χ4v) is 2.61. The highest BCUT2D eigenvalue weighted by molar-refractivity contribution is 5.93. The molecule has 1 aromatic heterocycles. The molecule has 0 N–H and O–H groups in total. The Kier molecular flexibility index (Phi) is 3.13. The van der Waals surface area contributed by atoms with Crippen molar-refractivity contribution in [1.82, 2.24) is 14.9 Å². The molecule has 0 atom stereocenters. The second kappa shape index (κ2) is 4.92. The first-order valence-electron chi connectivity index (χ1n) is 6.71. The smallest absolute Gasteiger partial charge is 0.256 e. The lowest BCUT2D eigenvalue weighted by Crippen LogP contribution is -2.28. The molecule has 2 saturated heterocycles. The number of carbonyl (C=O) groups is 1. The van der Waals surface area contributed by atoms with Crippen LogP contribution in [0.15, 0.2) is 12.4 Å². The van der Waals surface area contributed by atoms with E-state index in [1.807, 2.05) is 4.90 Å². The van der Waals surface area contributed by atoms with Gasteiger partial charge in [-0.15, -0.1) is 0 Å². The van der Waals surface area contributed by atoms with Crippen molar-refractivity contribution in [3.63, 3.8) is 0 Å². The van der Waals surface area contributed by atoms with Gasteiger partial charge in [0, 0.05) is 38.6 Å². The molecule has 0 aromatic carbocycles. The van der Waals surface area contributed by atoms with E-state index in [0.717, 1.165) is 45.0 Å². The highest BCUT2D eigenvalue weighted by Crippen LogP contribution is 2.16. The molecule has 0 radical (unpaired) electrons. The average Bonchev–Trinajstić information content (AvgIpc) is 3.11. The molecule has 3 rings (SSSR count). The first-order valence-corrected chi connectivity index (χ1v) is 6.71. The quantitative estimate of drug-likeness (QED) is 0.789. The molecule has 1 amide bonds. The third kappa shape index (κ3) is 2.17. The second-order valence-corrected chi connectivity index (χ2v) is 4.97. The van der Waals surface area contributed by atoms with Gasteiger partial charge in [-0.2, -0.15) is 0 Å². The molecule has 0 bridgehead atoms. The lowest BCUT2D eigenvalue weighted by atomic mass is 10.3. The minimum atomic E-state index is 0.0699. The van der Waals surface area contributed by atoms with Crippen LogP contribution in [0.4, 0.5) is 5.95 Å². The number of nitrogens with zero attached hydrogens (tertiary/aromatic N) is 4. The third-order valence-corrected chi connectivity index (χ3v) is 3.67. The summed E-state index contributed by atoms with van der Waals surface area (Å²) < 4.78 is 0. The standard InChI is InChI=1S/C13H18N4O/c18-12(16-5-1-2-6-16)11-9-14-13(15-10-11)17-7-3-4-8-17/h9-10H,1-8H2. The molecule has 5 heteroatoms. The van der Waals surface area contributed by atoms with Crippen LogP contribution in [0.5, 0.6) is 0 Å². The summed E-state index contributed by atoms with van der Waals surface area (Å²) in [5.74, 6) is 0.825. The Morgan fingerprint density at radius 3 is 2.11 bits per heavy atom. The molecule has 2 aliphatic heterocycles. The summed E-state index contributed by atoms with van der Waals surface area (Å²) >= 11 is 0. The Balaban J connectivity index is 1.71. The number of hydrogen-bond donors (Lipinski definition) is 0. The minimum absolute atomic E-state index is 0.0699. The molecule has 1 aromatic rings. The predicted molar refractivity (Wildman–Crippen MR) is 68.6 cm³/mol. The topological polar surface area (TPSA) is 49.3 Å². The van der Waals surface area contributed by atoms with E-state index in [-0.39, 0.29) is 5.91 Å². The monoisotopic (exact) mass is 246 g/mol. The SMILES string of the molecule is O=C(c1cnc(N2CCCC2)nc1)N1CCCC1. The maximum atomic E-state index is 12.1. The lowest BCUT2D eigenvalue weighted by molar-refractivity contribution is 0.0792. The van der Waals surface area contributed by atoms with Crippen LogP contribution in [-0.4, -0.2) is 47.0 Å². The largest absolute Gasteiger partial charge is 0.341 e. The van der Waals surface area contributed by atoms with Crippen molar-refractivity contribution in [3.8, 4) is 0 Å². The van der Waals surface area contributed by atoms with E-state index >= 15 is 0 Å². The van der Waals surface area contributed by atoms with Crippen molar-refractivity contribution >= 4 is 11.9 Å². The van der Waals surface area contributed by atoms with Crippen LogP contribution in [0.2, 0.25) is 0 Å². The van der Waals surface area contributed by atoms with Gasteiger partial charge in [0.15, 0.2) is 0 Å². The molecule has 2 aliphatic rings. The predicted octanol–water partition coefficient (Wildman–Crippen LogP) is 1.31. The maximum Gasteiger partial charge on any atom is 0.256 e. The highest BCUT2D eigenvalue weighted by atomic mass is 16.2. The molecular weight excluding hydrogens is 228 g/mol. The molecule has 0 spiro atoms. The Morgan fingerprint density at radius 2 is 1.50 bits per heavy atom. The number of rotatable bonds is 2. The van der Waals surface area contributed by atoms with Crippen LogP contribution >= 0.6 is 0 Å². The van der Waals surface area contributed by atoms with Crippen LogP contribution in [-0.2, 0) is 0 Å². The van der Waals surface area contributed by atoms with Crippen molar-refractivity contribution in [2.24, 2.45) is 0 Å². The number of hydrogen-bond acceptors (Lipinski definition) is 4. The van der Waals surface area contributed by atoms with E-state index in [1.165, 1.54) is 12.8 Å². The van der Waals surface area contributed by atoms with Gasteiger partial charge in [0.25, 0.3) is 5.91 Å². The molecule has 2 fully saturated rings. The fraction of sp³-hybridized carbons (Fsp3) is 0.615. The van der Waals surface area contributed by atoms with Gasteiger partial charge in [-0.25, -0.2) is 9.97 Å². The van der Waals surface area contributed by atoms with E-state index in [4.69, 9.17) is 0 Å². The highest BCUT2D eigenvalue weighted by Gasteiger charge is 2.21. The first-order chi connectivity index (χ1) is 8.84. The van der Waals surface area contributed by atoms with E-state index in [0.29, 0.717) is 5.56 Å². The molecule has 0 unspecified atom stereocenters. The van der Waals surface area contributed by atoms with Crippen LogP contribution in [0.3, 0.4) is 0 Å². The van der Waals surface area contributed by atoms with Crippen molar-refractivity contribution in [2.75, 3.05) is 31.1 Å². The molecule has 18 heavy (non-hydrogen) atoms. The van der Waals surface area contributed by atoms with E-state index in [1.54, 1.807) is 12.4 Å². The van der Waals surface area contributed by atoms with Gasteiger partial charge < -0.3 is 9.80 Å². The van der Waals surface area contributed by atoms with Gasteiger partial charge in [0.05, 0.1) is 5.56 Å². The maximum absolute atomic E-state index is 12.1. The van der Waals surface area contributed by atoms with Crippen LogP contribution in [0.25, 0.3) is 0 Å². The molecule has 0 saturated carbocycles. The number of carbonyl (C=O) groups excluding carboxylic acids is 1. The Hall–Kier alpha value is -1.65. The summed E-state index contributed by atoms with van der Waals surface area (Å²) in [7, 11) is 0. The van der Waals surface area contributed by atoms with Crippen molar-refractivity contribution in [3.05, 3.63) is 18.0 Å². The summed E-state index contributed by atoms with van der Waals surface area (Å²) in [5, 5.41) is 0. The summed E-state index contributed by atoms with van der Waals surface area (Å²) in [6.45, 7) is 3.79. The molecule has 96 valence electrons. The molecule has 3 heterocycles. The molecule has 0 aliphatic carbocycles. The first kappa shape index (κ1) is 11.4. The Bertz CT molecular complexity index is 419. The third-order valence-electron chi connectivity index (χ3n) is 3.67. The van der Waals surface area contributed by atoms with Gasteiger partial charge in [-0.3, -0.25) is 4.79 Å². The number of likely N-dealkylation sites (tertiary alicyclic amines) is 1. The number of amides is 1. The van der Waals surface area contributed by atoms with Gasteiger partial charge >= 0.3 is 0 Å². The second-order valence-electron chi connectivity index (χ2n) is 4.97. The number of aromatic nitrogens is 2.